The van der Waals surface area contributed by atoms with Gasteiger partial charge in [0.05, 0.1) is 11.1 Å². The number of benzene rings is 1. The molecule has 0 radical (unpaired) electrons. The van der Waals surface area contributed by atoms with Gasteiger partial charge in [0.2, 0.25) is 0 Å². The van der Waals surface area contributed by atoms with E-state index >= 15 is 0 Å². The third kappa shape index (κ3) is 5.00. The van der Waals surface area contributed by atoms with E-state index in [4.69, 9.17) is 4.74 Å². The number of hydrogen-bond acceptors (Lipinski definition) is 6. The lowest BCUT2D eigenvalue weighted by Crippen LogP contribution is -2.49. The van der Waals surface area contributed by atoms with Crippen LogP contribution in [-0.2, 0) is 16.1 Å². The molecule has 1 heterocycles. The third-order valence-corrected chi connectivity index (χ3v) is 3.12. The summed E-state index contributed by atoms with van der Waals surface area (Å²) in [5, 5.41) is 12.6. The van der Waals surface area contributed by atoms with Crippen LogP contribution in [0.2, 0.25) is 0 Å². The second kappa shape index (κ2) is 7.29. The predicted octanol–water partition coefficient (Wildman–Crippen LogP) is 1.23. The van der Waals surface area contributed by atoms with Crippen LogP contribution < -0.4 is 10.6 Å². The molecule has 2 aromatic rings. The van der Waals surface area contributed by atoms with Gasteiger partial charge in [-0.25, -0.2) is 14.3 Å². The first kappa shape index (κ1) is 18.4. The Morgan fingerprint density at radius 2 is 1.96 bits per heavy atom. The molecule has 9 nitrogen and oxygen atoms in total. The van der Waals surface area contributed by atoms with Crippen molar-refractivity contribution in [3.8, 4) is 0 Å². The Balaban J connectivity index is 1.91. The molecule has 134 valence electrons. The Morgan fingerprint density at radius 3 is 2.60 bits per heavy atom. The topological polar surface area (TPSA) is 115 Å². The number of nitrogens with one attached hydrogen (secondary N) is 2. The van der Waals surface area contributed by atoms with Gasteiger partial charge < -0.3 is 10.1 Å². The van der Waals surface area contributed by atoms with Crippen molar-refractivity contribution in [3.63, 3.8) is 0 Å². The van der Waals surface area contributed by atoms with E-state index < -0.39 is 30.1 Å². The largest absolute Gasteiger partial charge is 0.452 e. The Morgan fingerprint density at radius 1 is 1.24 bits per heavy atom. The molecular weight excluding hydrogens is 326 g/mol. The number of ether oxygens (including phenoxy) is 1. The van der Waals surface area contributed by atoms with Crippen molar-refractivity contribution in [1.82, 2.24) is 25.6 Å². The molecule has 0 aliphatic heterocycles. The van der Waals surface area contributed by atoms with Gasteiger partial charge in [-0.1, -0.05) is 5.21 Å². The van der Waals surface area contributed by atoms with E-state index in [1.54, 1.807) is 43.7 Å². The Kier molecular flexibility index (Phi) is 5.35. The summed E-state index contributed by atoms with van der Waals surface area (Å²) in [7, 11) is 0. The van der Waals surface area contributed by atoms with Crippen LogP contribution in [0, 0.1) is 0 Å². The van der Waals surface area contributed by atoms with Crippen molar-refractivity contribution in [2.24, 2.45) is 0 Å². The van der Waals surface area contributed by atoms with Gasteiger partial charge in [-0.3, -0.25) is 10.1 Å². The highest BCUT2D eigenvalue weighted by atomic mass is 16.5. The lowest BCUT2D eigenvalue weighted by atomic mass is 10.1. The smallest absolute Gasteiger partial charge is 0.338 e. The van der Waals surface area contributed by atoms with Crippen molar-refractivity contribution < 1.29 is 19.1 Å². The Labute approximate surface area is 144 Å². The molecular formula is C16H21N5O4. The van der Waals surface area contributed by atoms with E-state index in [0.29, 0.717) is 12.1 Å². The van der Waals surface area contributed by atoms with E-state index in [9.17, 15) is 14.4 Å². The second-order valence-corrected chi connectivity index (χ2v) is 6.44. The van der Waals surface area contributed by atoms with Crippen LogP contribution in [0.3, 0.4) is 0 Å². The van der Waals surface area contributed by atoms with E-state index in [0.717, 1.165) is 5.52 Å². The number of imide groups is 1. The summed E-state index contributed by atoms with van der Waals surface area (Å²) in [6, 6.07) is 4.18. The number of aryl methyl sites for hydroxylation is 1. The number of carbonyl (C=O) groups is 3. The van der Waals surface area contributed by atoms with Crippen LogP contribution in [0.5, 0.6) is 0 Å². The van der Waals surface area contributed by atoms with Gasteiger partial charge in [-0.05, 0) is 45.9 Å². The second-order valence-electron chi connectivity index (χ2n) is 6.44. The van der Waals surface area contributed by atoms with Gasteiger partial charge in [0, 0.05) is 12.1 Å². The standard InChI is InChI=1S/C16H21N5O4/c1-5-21-12-7-6-10(8-11(12)19-20-21)14(23)25-9-13(22)17-15(24)18-16(2,3)4/h6-8H,5,9H2,1-4H3,(H2,17,18,22,24). The van der Waals surface area contributed by atoms with Crippen molar-refractivity contribution in [1.29, 1.82) is 0 Å². The molecule has 0 aliphatic carbocycles. The number of carbonyl (C=O) groups excluding carboxylic acids is 3. The first-order valence-corrected chi connectivity index (χ1v) is 7.82. The van der Waals surface area contributed by atoms with Crippen molar-refractivity contribution in [2.75, 3.05) is 6.61 Å². The fourth-order valence-electron chi connectivity index (χ4n) is 2.08. The predicted molar refractivity (Wildman–Crippen MR) is 89.9 cm³/mol. The zero-order chi connectivity index (χ0) is 18.6. The van der Waals surface area contributed by atoms with Crippen molar-refractivity contribution in [3.05, 3.63) is 23.8 Å². The number of hydrogen-bond donors (Lipinski definition) is 2. The van der Waals surface area contributed by atoms with Gasteiger partial charge in [0.1, 0.15) is 5.52 Å². The third-order valence-electron chi connectivity index (χ3n) is 3.12. The van der Waals surface area contributed by atoms with Gasteiger partial charge in [0.15, 0.2) is 6.61 Å². The van der Waals surface area contributed by atoms with Gasteiger partial charge in [-0.2, -0.15) is 0 Å². The minimum atomic E-state index is -0.715. The molecule has 0 aliphatic rings. The molecule has 0 bridgehead atoms. The molecule has 2 N–H and O–H groups in total. The zero-order valence-corrected chi connectivity index (χ0v) is 14.6. The maximum Gasteiger partial charge on any atom is 0.338 e. The number of urea groups is 1. The lowest BCUT2D eigenvalue weighted by molar-refractivity contribution is -0.123. The monoisotopic (exact) mass is 347 g/mol. The first-order chi connectivity index (χ1) is 11.7. The molecule has 0 unspecified atom stereocenters. The van der Waals surface area contributed by atoms with Crippen molar-refractivity contribution in [2.45, 2.75) is 39.8 Å². The van der Waals surface area contributed by atoms with Crippen LogP contribution in [0.15, 0.2) is 18.2 Å². The summed E-state index contributed by atoms with van der Waals surface area (Å²) in [6.07, 6.45) is 0. The summed E-state index contributed by atoms with van der Waals surface area (Å²) in [6.45, 7) is 7.38. The van der Waals surface area contributed by atoms with E-state index in [2.05, 4.69) is 20.9 Å². The van der Waals surface area contributed by atoms with Crippen LogP contribution in [0.25, 0.3) is 11.0 Å². The number of nitrogens with zero attached hydrogens (tertiary/aromatic N) is 3. The maximum atomic E-state index is 12.0. The summed E-state index contributed by atoms with van der Waals surface area (Å²) in [5.41, 5.74) is 1.13. The highest BCUT2D eigenvalue weighted by Gasteiger charge is 2.17. The fraction of sp³-hybridized carbons (Fsp3) is 0.438. The first-order valence-electron chi connectivity index (χ1n) is 7.82. The molecule has 3 amide bonds. The number of rotatable bonds is 4. The summed E-state index contributed by atoms with van der Waals surface area (Å²) in [5.74, 6) is -1.40. The quantitative estimate of drug-likeness (QED) is 0.804. The van der Waals surface area contributed by atoms with Crippen LogP contribution >= 0.6 is 0 Å². The molecule has 0 saturated carbocycles. The van der Waals surface area contributed by atoms with Gasteiger partial charge >= 0.3 is 12.0 Å². The SMILES string of the molecule is CCn1nnc2cc(C(=O)OCC(=O)NC(=O)NC(C)(C)C)ccc21. The molecule has 25 heavy (non-hydrogen) atoms. The Hall–Kier alpha value is -2.97. The zero-order valence-electron chi connectivity index (χ0n) is 14.6. The minimum Gasteiger partial charge on any atom is -0.452 e. The molecule has 0 spiro atoms. The number of amides is 3. The molecule has 0 saturated heterocycles. The average molecular weight is 347 g/mol. The van der Waals surface area contributed by atoms with E-state index in [1.807, 2.05) is 6.92 Å². The Bertz CT molecular complexity index is 806. The van der Waals surface area contributed by atoms with E-state index in [1.165, 1.54) is 0 Å². The van der Waals surface area contributed by atoms with Gasteiger partial charge in [0.25, 0.3) is 5.91 Å². The lowest BCUT2D eigenvalue weighted by Gasteiger charge is -2.20. The summed E-state index contributed by atoms with van der Waals surface area (Å²) in [4.78, 5) is 35.2. The van der Waals surface area contributed by atoms with E-state index in [-0.39, 0.29) is 5.56 Å². The molecule has 1 aromatic carbocycles. The normalized spacial score (nSPS) is 11.2. The maximum absolute atomic E-state index is 12.0. The number of aromatic nitrogens is 3. The minimum absolute atomic E-state index is 0.252. The summed E-state index contributed by atoms with van der Waals surface area (Å²) >= 11 is 0. The molecule has 9 heteroatoms. The molecule has 0 fully saturated rings. The van der Waals surface area contributed by atoms with Gasteiger partial charge in [-0.15, -0.1) is 5.10 Å². The molecule has 0 atom stereocenters. The van der Waals surface area contributed by atoms with Crippen LogP contribution in [0.4, 0.5) is 4.79 Å². The number of esters is 1. The summed E-state index contributed by atoms with van der Waals surface area (Å²) < 4.78 is 6.62. The fourth-order valence-corrected chi connectivity index (χ4v) is 2.08. The highest BCUT2D eigenvalue weighted by molar-refractivity contribution is 5.98. The highest BCUT2D eigenvalue weighted by Crippen LogP contribution is 2.14. The van der Waals surface area contributed by atoms with Crippen LogP contribution in [0.1, 0.15) is 38.1 Å². The van der Waals surface area contributed by atoms with Crippen molar-refractivity contribution >= 4 is 28.9 Å². The average Bonchev–Trinajstić information content (AvgIpc) is 2.92. The van der Waals surface area contributed by atoms with Crippen LogP contribution in [-0.4, -0.2) is 45.0 Å². The molecule has 1 aromatic heterocycles. The number of fused-ring (bicyclic) bond motifs is 1. The molecule has 2 rings (SSSR count).